The molecular formula is C16H23N3. The van der Waals surface area contributed by atoms with E-state index in [1.165, 1.54) is 37.7 Å². The number of nitrogens with two attached hydrogens (primary N) is 1. The number of hydrogen-bond acceptors (Lipinski definition) is 3. The average Bonchev–Trinajstić information content (AvgIpc) is 2.43. The zero-order valence-electron chi connectivity index (χ0n) is 11.3. The summed E-state index contributed by atoms with van der Waals surface area (Å²) >= 11 is 0. The van der Waals surface area contributed by atoms with Gasteiger partial charge in [0.1, 0.15) is 0 Å². The second kappa shape index (κ2) is 4.57. The van der Waals surface area contributed by atoms with Crippen molar-refractivity contribution in [1.82, 2.24) is 10.4 Å². The van der Waals surface area contributed by atoms with E-state index >= 15 is 0 Å². The molecule has 4 bridgehead atoms. The van der Waals surface area contributed by atoms with Gasteiger partial charge >= 0.3 is 0 Å². The van der Waals surface area contributed by atoms with Crippen LogP contribution in [-0.2, 0) is 0 Å². The number of nitrogens with zero attached hydrogens (tertiary/aromatic N) is 1. The molecule has 0 radical (unpaired) electrons. The van der Waals surface area contributed by atoms with E-state index in [9.17, 15) is 0 Å². The maximum Gasteiger partial charge on any atom is 0.0508 e. The first-order chi connectivity index (χ1) is 9.35. The molecule has 4 saturated carbocycles. The number of hydrazine groups is 1. The molecular weight excluding hydrogens is 234 g/mol. The molecule has 5 rings (SSSR count). The number of rotatable bonds is 3. The molecule has 4 fully saturated rings. The van der Waals surface area contributed by atoms with Gasteiger partial charge in [-0.3, -0.25) is 16.3 Å². The average molecular weight is 257 g/mol. The van der Waals surface area contributed by atoms with E-state index in [0.717, 1.165) is 29.6 Å². The molecule has 1 aromatic heterocycles. The van der Waals surface area contributed by atoms with Gasteiger partial charge in [0, 0.05) is 12.4 Å². The summed E-state index contributed by atoms with van der Waals surface area (Å²) < 4.78 is 0. The van der Waals surface area contributed by atoms with Gasteiger partial charge in [-0.25, -0.2) is 0 Å². The van der Waals surface area contributed by atoms with Crippen LogP contribution in [0.25, 0.3) is 0 Å². The van der Waals surface area contributed by atoms with Crippen molar-refractivity contribution in [3.63, 3.8) is 0 Å². The van der Waals surface area contributed by atoms with Crippen molar-refractivity contribution >= 4 is 0 Å². The Labute approximate surface area is 115 Å². The summed E-state index contributed by atoms with van der Waals surface area (Å²) in [4.78, 5) is 4.27. The Morgan fingerprint density at radius 3 is 2.32 bits per heavy atom. The van der Waals surface area contributed by atoms with Crippen LogP contribution in [-0.4, -0.2) is 4.98 Å². The normalized spacial score (nSPS) is 41.4. The third-order valence-electron chi connectivity index (χ3n) is 5.91. The number of pyridine rings is 1. The highest BCUT2D eigenvalue weighted by Gasteiger charge is 2.50. The lowest BCUT2D eigenvalue weighted by Crippen LogP contribution is -2.50. The fraction of sp³-hybridized carbons (Fsp3) is 0.688. The molecule has 4 aliphatic rings. The van der Waals surface area contributed by atoms with Gasteiger partial charge in [-0.15, -0.1) is 0 Å². The topological polar surface area (TPSA) is 50.9 Å². The van der Waals surface area contributed by atoms with Crippen LogP contribution in [0.5, 0.6) is 0 Å². The lowest BCUT2D eigenvalue weighted by Gasteiger charge is -2.56. The summed E-state index contributed by atoms with van der Waals surface area (Å²) in [6.45, 7) is 0. The summed E-state index contributed by atoms with van der Waals surface area (Å²) in [7, 11) is 0. The molecule has 1 unspecified atom stereocenters. The Hall–Kier alpha value is -0.930. The molecule has 3 heteroatoms. The Morgan fingerprint density at radius 1 is 1.11 bits per heavy atom. The van der Waals surface area contributed by atoms with Crippen LogP contribution in [0.2, 0.25) is 0 Å². The number of aromatic nitrogens is 1. The van der Waals surface area contributed by atoms with E-state index in [4.69, 9.17) is 5.84 Å². The minimum atomic E-state index is 0.295. The van der Waals surface area contributed by atoms with Gasteiger partial charge < -0.3 is 0 Å². The molecule has 1 atom stereocenters. The van der Waals surface area contributed by atoms with E-state index in [1.807, 2.05) is 18.5 Å². The van der Waals surface area contributed by atoms with Crippen LogP contribution in [0.1, 0.15) is 43.7 Å². The van der Waals surface area contributed by atoms with Crippen molar-refractivity contribution in [3.05, 3.63) is 30.1 Å². The molecule has 102 valence electrons. The van der Waals surface area contributed by atoms with Crippen LogP contribution in [0.15, 0.2) is 24.5 Å². The first kappa shape index (κ1) is 11.9. The quantitative estimate of drug-likeness (QED) is 0.646. The number of hydrogen-bond donors (Lipinski definition) is 2. The van der Waals surface area contributed by atoms with Crippen molar-refractivity contribution in [2.75, 3.05) is 0 Å². The van der Waals surface area contributed by atoms with Crippen LogP contribution < -0.4 is 11.3 Å². The zero-order chi connectivity index (χ0) is 12.8. The minimum absolute atomic E-state index is 0.295. The third kappa shape index (κ3) is 1.91. The minimum Gasteiger partial charge on any atom is -0.271 e. The molecule has 1 aromatic rings. The van der Waals surface area contributed by atoms with Crippen molar-refractivity contribution < 1.29 is 0 Å². The lowest BCUT2D eigenvalue weighted by molar-refractivity contribution is -0.0526. The van der Waals surface area contributed by atoms with Crippen molar-refractivity contribution in [2.24, 2.45) is 35.4 Å². The Morgan fingerprint density at radius 2 is 1.79 bits per heavy atom. The smallest absolute Gasteiger partial charge is 0.0508 e. The van der Waals surface area contributed by atoms with Gasteiger partial charge in [0.15, 0.2) is 0 Å². The van der Waals surface area contributed by atoms with E-state index in [-0.39, 0.29) is 0 Å². The predicted octanol–water partition coefficient (Wildman–Crippen LogP) is 2.66. The van der Waals surface area contributed by atoms with Crippen molar-refractivity contribution in [1.29, 1.82) is 0 Å². The Balaban J connectivity index is 1.64. The monoisotopic (exact) mass is 257 g/mol. The summed E-state index contributed by atoms with van der Waals surface area (Å²) in [6, 6.07) is 4.49. The zero-order valence-corrected chi connectivity index (χ0v) is 11.3. The summed E-state index contributed by atoms with van der Waals surface area (Å²) in [5, 5.41) is 0. The molecule has 19 heavy (non-hydrogen) atoms. The Bertz CT molecular complexity index is 417. The highest BCUT2D eigenvalue weighted by Crippen LogP contribution is 2.59. The van der Waals surface area contributed by atoms with Crippen LogP contribution >= 0.6 is 0 Å². The highest BCUT2D eigenvalue weighted by atomic mass is 15.2. The van der Waals surface area contributed by atoms with Crippen LogP contribution in [0.3, 0.4) is 0 Å². The molecule has 0 aliphatic heterocycles. The molecule has 3 nitrogen and oxygen atoms in total. The maximum absolute atomic E-state index is 5.91. The van der Waals surface area contributed by atoms with E-state index in [1.54, 1.807) is 0 Å². The second-order valence-corrected chi connectivity index (χ2v) is 6.94. The SMILES string of the molecule is NNC(c1cccnc1)C1C2CC3CC(C2)CC1C3. The molecule has 0 saturated heterocycles. The maximum atomic E-state index is 5.91. The van der Waals surface area contributed by atoms with Crippen LogP contribution in [0, 0.1) is 29.6 Å². The molecule has 3 N–H and O–H groups in total. The van der Waals surface area contributed by atoms with Crippen LogP contribution in [0.4, 0.5) is 0 Å². The molecule has 0 amide bonds. The summed E-state index contributed by atoms with van der Waals surface area (Å²) in [5.41, 5.74) is 4.37. The van der Waals surface area contributed by atoms with E-state index in [0.29, 0.717) is 6.04 Å². The molecule has 1 heterocycles. The fourth-order valence-corrected chi connectivity index (χ4v) is 5.50. The summed E-state index contributed by atoms with van der Waals surface area (Å²) in [6.07, 6.45) is 11.1. The van der Waals surface area contributed by atoms with E-state index < -0.39 is 0 Å². The third-order valence-corrected chi connectivity index (χ3v) is 5.91. The first-order valence-corrected chi connectivity index (χ1v) is 7.71. The van der Waals surface area contributed by atoms with Gasteiger partial charge in [0.25, 0.3) is 0 Å². The molecule has 0 aromatic carbocycles. The summed E-state index contributed by atoms with van der Waals surface area (Å²) in [5.74, 6) is 10.4. The first-order valence-electron chi connectivity index (χ1n) is 7.71. The van der Waals surface area contributed by atoms with Crippen molar-refractivity contribution in [3.8, 4) is 0 Å². The van der Waals surface area contributed by atoms with Gasteiger partial charge in [0.2, 0.25) is 0 Å². The van der Waals surface area contributed by atoms with Gasteiger partial charge in [-0.05, 0) is 73.3 Å². The molecule has 4 aliphatic carbocycles. The highest BCUT2D eigenvalue weighted by molar-refractivity contribution is 5.17. The fourth-order valence-electron chi connectivity index (χ4n) is 5.50. The standard InChI is InChI=1S/C16H23N3/c17-19-16(12-2-1-3-18-9-12)15-13-5-10-4-11(7-13)8-14(15)6-10/h1-3,9-11,13-16,19H,4-8,17H2. The largest absolute Gasteiger partial charge is 0.271 e. The van der Waals surface area contributed by atoms with Gasteiger partial charge in [0.05, 0.1) is 6.04 Å². The van der Waals surface area contributed by atoms with E-state index in [2.05, 4.69) is 16.5 Å². The van der Waals surface area contributed by atoms with Crippen molar-refractivity contribution in [2.45, 2.75) is 38.1 Å². The van der Waals surface area contributed by atoms with Gasteiger partial charge in [-0.2, -0.15) is 0 Å². The Kier molecular flexibility index (Phi) is 2.85. The van der Waals surface area contributed by atoms with Gasteiger partial charge in [-0.1, -0.05) is 6.07 Å². The lowest BCUT2D eigenvalue weighted by atomic mass is 9.50. The second-order valence-electron chi connectivity index (χ2n) is 6.94. The molecule has 0 spiro atoms. The number of nitrogens with one attached hydrogen (secondary N) is 1. The predicted molar refractivity (Wildman–Crippen MR) is 74.8 cm³/mol.